The van der Waals surface area contributed by atoms with Gasteiger partial charge in [-0.3, -0.25) is 14.5 Å². The standard InChI is InChI=1S/C28H34BrN5O4S/c1-3-38-27(37)20-5-11-23(12-6-20)34-26(36)24(19-25(35)30-22-9-7-21(29)8-10-22)33(28(34)39)14-4-13-32-17-15-31(2)16-18-32/h5-12,24H,3-4,13-19H2,1-2H3,(H,30,35)/t24-/m0/s1. The largest absolute Gasteiger partial charge is 0.462 e. The third-order valence-electron chi connectivity index (χ3n) is 6.93. The van der Waals surface area contributed by atoms with E-state index in [4.69, 9.17) is 17.0 Å². The Morgan fingerprint density at radius 2 is 1.69 bits per heavy atom. The molecule has 11 heteroatoms. The predicted molar refractivity (Wildman–Crippen MR) is 159 cm³/mol. The summed E-state index contributed by atoms with van der Waals surface area (Å²) in [6.07, 6.45) is 0.790. The molecule has 1 atom stereocenters. The number of nitrogens with one attached hydrogen (secondary N) is 1. The van der Waals surface area contributed by atoms with Gasteiger partial charge in [0.25, 0.3) is 5.91 Å². The first kappa shape index (κ1) is 29.1. The van der Waals surface area contributed by atoms with Gasteiger partial charge in [-0.15, -0.1) is 0 Å². The molecule has 0 spiro atoms. The fraction of sp³-hybridized carbons (Fsp3) is 0.429. The smallest absolute Gasteiger partial charge is 0.338 e. The minimum absolute atomic E-state index is 0.0268. The zero-order chi connectivity index (χ0) is 27.9. The lowest BCUT2D eigenvalue weighted by atomic mass is 10.1. The SMILES string of the molecule is CCOC(=O)c1ccc(N2C(=O)[C@H](CC(=O)Nc3ccc(Br)cc3)N(CCCN3CCN(C)CC3)C2=S)cc1. The molecule has 2 saturated heterocycles. The van der Waals surface area contributed by atoms with Gasteiger partial charge in [-0.1, -0.05) is 15.9 Å². The minimum Gasteiger partial charge on any atom is -0.462 e. The van der Waals surface area contributed by atoms with Gasteiger partial charge in [0.05, 0.1) is 24.3 Å². The van der Waals surface area contributed by atoms with Crippen LogP contribution in [-0.4, -0.2) is 96.6 Å². The van der Waals surface area contributed by atoms with Crippen molar-refractivity contribution in [2.75, 3.05) is 63.1 Å². The maximum absolute atomic E-state index is 13.7. The average Bonchev–Trinajstić information content (AvgIpc) is 3.15. The van der Waals surface area contributed by atoms with Gasteiger partial charge >= 0.3 is 5.97 Å². The third-order valence-corrected chi connectivity index (χ3v) is 7.88. The monoisotopic (exact) mass is 615 g/mol. The molecule has 2 amide bonds. The summed E-state index contributed by atoms with van der Waals surface area (Å²) in [4.78, 5) is 46.8. The number of hydrogen-bond acceptors (Lipinski definition) is 7. The number of anilines is 2. The Hall–Kier alpha value is -2.86. The fourth-order valence-corrected chi connectivity index (χ4v) is 5.42. The number of nitrogens with zero attached hydrogens (tertiary/aromatic N) is 4. The first-order valence-corrected chi connectivity index (χ1v) is 14.3. The van der Waals surface area contributed by atoms with E-state index in [9.17, 15) is 14.4 Å². The Morgan fingerprint density at radius 1 is 1.03 bits per heavy atom. The fourth-order valence-electron chi connectivity index (χ4n) is 4.74. The van der Waals surface area contributed by atoms with Crippen LogP contribution in [-0.2, 0) is 14.3 Å². The highest BCUT2D eigenvalue weighted by Crippen LogP contribution is 2.28. The van der Waals surface area contributed by atoms with Crippen molar-refractivity contribution < 1.29 is 19.1 Å². The van der Waals surface area contributed by atoms with Crippen LogP contribution in [0.2, 0.25) is 0 Å². The highest BCUT2D eigenvalue weighted by atomic mass is 79.9. The first-order chi connectivity index (χ1) is 18.8. The molecule has 0 bridgehead atoms. The zero-order valence-electron chi connectivity index (χ0n) is 22.3. The van der Waals surface area contributed by atoms with Crippen molar-refractivity contribution in [3.8, 4) is 0 Å². The Balaban J connectivity index is 1.48. The lowest BCUT2D eigenvalue weighted by Crippen LogP contribution is -2.45. The maximum atomic E-state index is 13.7. The third kappa shape index (κ3) is 7.42. The van der Waals surface area contributed by atoms with E-state index in [1.165, 1.54) is 4.90 Å². The van der Waals surface area contributed by atoms with Crippen LogP contribution in [0.5, 0.6) is 0 Å². The number of rotatable bonds is 10. The molecular weight excluding hydrogens is 582 g/mol. The predicted octanol–water partition coefficient (Wildman–Crippen LogP) is 3.59. The van der Waals surface area contributed by atoms with E-state index < -0.39 is 12.0 Å². The van der Waals surface area contributed by atoms with Crippen molar-refractivity contribution in [2.24, 2.45) is 0 Å². The number of carbonyl (C=O) groups is 3. The van der Waals surface area contributed by atoms with Gasteiger partial charge in [-0.05, 0) is 87.7 Å². The molecule has 208 valence electrons. The van der Waals surface area contributed by atoms with Crippen LogP contribution >= 0.6 is 28.1 Å². The van der Waals surface area contributed by atoms with Crippen LogP contribution in [0.4, 0.5) is 11.4 Å². The number of halogens is 1. The van der Waals surface area contributed by atoms with Crippen LogP contribution in [0, 0.1) is 0 Å². The molecular formula is C28H34BrN5O4S. The molecule has 0 unspecified atom stereocenters. The van der Waals surface area contributed by atoms with Gasteiger partial charge in [0.15, 0.2) is 5.11 Å². The summed E-state index contributed by atoms with van der Waals surface area (Å²) in [6, 6.07) is 13.2. The molecule has 0 aromatic heterocycles. The van der Waals surface area contributed by atoms with E-state index in [2.05, 4.69) is 38.1 Å². The summed E-state index contributed by atoms with van der Waals surface area (Å²) < 4.78 is 5.97. The van der Waals surface area contributed by atoms with Crippen LogP contribution in [0.1, 0.15) is 30.1 Å². The molecule has 39 heavy (non-hydrogen) atoms. The van der Waals surface area contributed by atoms with E-state index >= 15 is 0 Å². The zero-order valence-corrected chi connectivity index (χ0v) is 24.7. The topological polar surface area (TPSA) is 85.4 Å². The molecule has 2 fully saturated rings. The van der Waals surface area contributed by atoms with Gasteiger partial charge in [0.2, 0.25) is 5.91 Å². The van der Waals surface area contributed by atoms with Gasteiger partial charge in [-0.25, -0.2) is 4.79 Å². The van der Waals surface area contributed by atoms with E-state index in [0.717, 1.165) is 43.6 Å². The number of benzene rings is 2. The Labute approximate surface area is 243 Å². The van der Waals surface area contributed by atoms with Gasteiger partial charge < -0.3 is 24.8 Å². The Morgan fingerprint density at radius 3 is 2.33 bits per heavy atom. The molecule has 2 heterocycles. The van der Waals surface area contributed by atoms with Crippen molar-refractivity contribution in [1.82, 2.24) is 14.7 Å². The summed E-state index contributed by atoms with van der Waals surface area (Å²) in [5.74, 6) is -0.941. The van der Waals surface area contributed by atoms with Crippen molar-refractivity contribution >= 4 is 62.4 Å². The molecule has 2 aliphatic heterocycles. The second-order valence-electron chi connectivity index (χ2n) is 9.69. The first-order valence-electron chi connectivity index (χ1n) is 13.1. The van der Waals surface area contributed by atoms with Crippen LogP contribution in [0.15, 0.2) is 53.0 Å². The molecule has 2 aliphatic rings. The van der Waals surface area contributed by atoms with Gasteiger partial charge in [0.1, 0.15) is 6.04 Å². The second kappa shape index (κ2) is 13.5. The van der Waals surface area contributed by atoms with E-state index in [1.54, 1.807) is 43.3 Å². The number of esters is 1. The van der Waals surface area contributed by atoms with Crippen LogP contribution < -0.4 is 10.2 Å². The van der Waals surface area contributed by atoms with Gasteiger partial charge in [-0.2, -0.15) is 0 Å². The molecule has 0 aliphatic carbocycles. The highest BCUT2D eigenvalue weighted by Gasteiger charge is 2.44. The van der Waals surface area contributed by atoms with Crippen LogP contribution in [0.3, 0.4) is 0 Å². The lowest BCUT2D eigenvalue weighted by molar-refractivity contribution is -0.124. The van der Waals surface area contributed by atoms with Crippen molar-refractivity contribution in [2.45, 2.75) is 25.8 Å². The lowest BCUT2D eigenvalue weighted by Gasteiger charge is -2.33. The summed E-state index contributed by atoms with van der Waals surface area (Å²) in [7, 11) is 2.13. The van der Waals surface area contributed by atoms with E-state index in [-0.39, 0.29) is 24.8 Å². The quantitative estimate of drug-likeness (QED) is 0.321. The molecule has 4 rings (SSSR count). The number of thiocarbonyl (C=S) groups is 1. The number of ether oxygens (including phenoxy) is 1. The van der Waals surface area contributed by atoms with E-state index in [1.807, 2.05) is 17.0 Å². The summed E-state index contributed by atoms with van der Waals surface area (Å²) in [5.41, 5.74) is 1.61. The number of likely N-dealkylation sites (N-methyl/N-ethyl adjacent to an activating group) is 1. The van der Waals surface area contributed by atoms with Crippen molar-refractivity contribution in [1.29, 1.82) is 0 Å². The number of carbonyl (C=O) groups excluding carboxylic acids is 3. The minimum atomic E-state index is -0.717. The molecule has 0 saturated carbocycles. The summed E-state index contributed by atoms with van der Waals surface area (Å²) in [5, 5.41) is 3.25. The summed E-state index contributed by atoms with van der Waals surface area (Å²) in [6.45, 7) is 7.58. The molecule has 9 nitrogen and oxygen atoms in total. The number of amides is 2. The van der Waals surface area contributed by atoms with E-state index in [0.29, 0.717) is 28.6 Å². The summed E-state index contributed by atoms with van der Waals surface area (Å²) >= 11 is 9.18. The van der Waals surface area contributed by atoms with Crippen molar-refractivity contribution in [3.05, 3.63) is 58.6 Å². The maximum Gasteiger partial charge on any atom is 0.338 e. The molecule has 0 radical (unpaired) electrons. The van der Waals surface area contributed by atoms with Crippen molar-refractivity contribution in [3.63, 3.8) is 0 Å². The molecule has 2 aromatic carbocycles. The molecule has 1 N–H and O–H groups in total. The average molecular weight is 617 g/mol. The number of hydrogen-bond donors (Lipinski definition) is 1. The Kier molecular flexibility index (Phi) is 10.1. The highest BCUT2D eigenvalue weighted by molar-refractivity contribution is 9.10. The molecule has 2 aromatic rings. The Bertz CT molecular complexity index is 1190. The van der Waals surface area contributed by atoms with Gasteiger partial charge in [0, 0.05) is 42.9 Å². The normalized spacial score (nSPS) is 18.5. The number of piperazine rings is 1. The van der Waals surface area contributed by atoms with Crippen LogP contribution in [0.25, 0.3) is 0 Å². The second-order valence-corrected chi connectivity index (χ2v) is 11.0.